The Labute approximate surface area is 115 Å². The number of carbonyl (C=O) groups is 2. The van der Waals surface area contributed by atoms with Gasteiger partial charge in [0, 0.05) is 19.7 Å². The average Bonchev–Trinajstić information content (AvgIpc) is 2.27. The van der Waals surface area contributed by atoms with Crippen molar-refractivity contribution in [1.82, 2.24) is 9.80 Å². The molecule has 1 rings (SSSR count). The lowest BCUT2D eigenvalue weighted by Gasteiger charge is -2.45. The Morgan fingerprint density at radius 2 is 1.89 bits per heavy atom. The van der Waals surface area contributed by atoms with Gasteiger partial charge in [-0.1, -0.05) is 6.08 Å². The molecule has 0 unspecified atom stereocenters. The smallest absolute Gasteiger partial charge is 0.332 e. The Hall–Kier alpha value is -1.36. The highest BCUT2D eigenvalue weighted by Crippen LogP contribution is 2.38. The number of hydrogen-bond donors (Lipinski definition) is 0. The van der Waals surface area contributed by atoms with Crippen molar-refractivity contribution in [3.63, 3.8) is 0 Å². The molecule has 1 saturated carbocycles. The van der Waals surface area contributed by atoms with Crippen LogP contribution in [0.1, 0.15) is 26.2 Å². The van der Waals surface area contributed by atoms with E-state index >= 15 is 0 Å². The number of amides is 1. The molecule has 0 bridgehead atoms. The van der Waals surface area contributed by atoms with Crippen molar-refractivity contribution < 1.29 is 14.3 Å². The van der Waals surface area contributed by atoms with E-state index in [-0.39, 0.29) is 11.9 Å². The third kappa shape index (κ3) is 3.56. The van der Waals surface area contributed by atoms with Crippen LogP contribution >= 0.6 is 0 Å². The highest BCUT2D eigenvalue weighted by atomic mass is 16.5. The molecule has 5 heteroatoms. The van der Waals surface area contributed by atoms with Crippen molar-refractivity contribution >= 4 is 11.9 Å². The standard InChI is InChI=1S/C14H24N2O3/c1-5-19-13(18)14(9-7-10-14)16(4)12(17)8-6-11-15(2)3/h6,8H,5,7,9-11H2,1-4H3/b8-6+. The van der Waals surface area contributed by atoms with Crippen LogP contribution in [-0.2, 0) is 14.3 Å². The number of hydrogen-bond acceptors (Lipinski definition) is 4. The summed E-state index contributed by atoms with van der Waals surface area (Å²) in [5.41, 5.74) is -0.741. The van der Waals surface area contributed by atoms with Crippen molar-refractivity contribution in [1.29, 1.82) is 0 Å². The molecule has 0 atom stereocenters. The first-order valence-electron chi connectivity index (χ1n) is 6.70. The molecule has 5 nitrogen and oxygen atoms in total. The minimum Gasteiger partial charge on any atom is -0.464 e. The van der Waals surface area contributed by atoms with Crippen LogP contribution in [-0.4, -0.2) is 61.5 Å². The lowest BCUT2D eigenvalue weighted by Crippen LogP contribution is -2.60. The summed E-state index contributed by atoms with van der Waals surface area (Å²) in [5.74, 6) is -0.423. The summed E-state index contributed by atoms with van der Waals surface area (Å²) in [5, 5.41) is 0. The molecule has 1 aliphatic carbocycles. The van der Waals surface area contributed by atoms with Crippen molar-refractivity contribution in [2.75, 3.05) is 34.3 Å². The van der Waals surface area contributed by atoms with Gasteiger partial charge in [0.05, 0.1) is 6.61 Å². The molecule has 0 heterocycles. The zero-order valence-corrected chi connectivity index (χ0v) is 12.3. The fourth-order valence-electron chi connectivity index (χ4n) is 2.14. The normalized spacial score (nSPS) is 17.3. The van der Waals surface area contributed by atoms with Gasteiger partial charge in [-0.05, 0) is 40.3 Å². The van der Waals surface area contributed by atoms with Crippen LogP contribution in [0.5, 0.6) is 0 Å². The monoisotopic (exact) mass is 268 g/mol. The van der Waals surface area contributed by atoms with Crippen LogP contribution in [0.3, 0.4) is 0 Å². The second-order valence-electron chi connectivity index (χ2n) is 5.17. The first-order valence-corrected chi connectivity index (χ1v) is 6.70. The molecule has 0 spiro atoms. The van der Waals surface area contributed by atoms with E-state index < -0.39 is 5.54 Å². The van der Waals surface area contributed by atoms with E-state index in [0.29, 0.717) is 26.0 Å². The number of likely N-dealkylation sites (N-methyl/N-ethyl adjacent to an activating group) is 2. The summed E-state index contributed by atoms with van der Waals surface area (Å²) in [7, 11) is 5.55. The molecule has 1 amide bonds. The second-order valence-corrected chi connectivity index (χ2v) is 5.17. The maximum atomic E-state index is 12.1. The van der Waals surface area contributed by atoms with Gasteiger partial charge in [-0.25, -0.2) is 4.79 Å². The van der Waals surface area contributed by atoms with Crippen LogP contribution in [0.2, 0.25) is 0 Å². The van der Waals surface area contributed by atoms with E-state index in [9.17, 15) is 9.59 Å². The number of carbonyl (C=O) groups excluding carboxylic acids is 2. The highest BCUT2D eigenvalue weighted by molar-refractivity contribution is 5.94. The molecule has 1 fully saturated rings. The van der Waals surface area contributed by atoms with Crippen LogP contribution < -0.4 is 0 Å². The largest absolute Gasteiger partial charge is 0.464 e. The third-order valence-corrected chi connectivity index (χ3v) is 3.54. The summed E-state index contributed by atoms with van der Waals surface area (Å²) in [6.45, 7) is 2.83. The number of nitrogens with zero attached hydrogens (tertiary/aromatic N) is 2. The maximum absolute atomic E-state index is 12.1. The Morgan fingerprint density at radius 1 is 1.26 bits per heavy atom. The maximum Gasteiger partial charge on any atom is 0.332 e. The Kier molecular flexibility index (Phi) is 5.54. The molecule has 1 aliphatic rings. The summed E-state index contributed by atoms with van der Waals surface area (Å²) in [4.78, 5) is 27.6. The minimum absolute atomic E-state index is 0.144. The SMILES string of the molecule is CCOC(=O)C1(N(C)C(=O)/C=C/CN(C)C)CCC1. The van der Waals surface area contributed by atoms with Gasteiger partial charge in [-0.2, -0.15) is 0 Å². The molecule has 0 aromatic heterocycles. The fourth-order valence-corrected chi connectivity index (χ4v) is 2.14. The van der Waals surface area contributed by atoms with E-state index in [4.69, 9.17) is 4.74 Å². The van der Waals surface area contributed by atoms with Crippen LogP contribution in [0.4, 0.5) is 0 Å². The van der Waals surface area contributed by atoms with Gasteiger partial charge in [0.15, 0.2) is 0 Å². The third-order valence-electron chi connectivity index (χ3n) is 3.54. The van der Waals surface area contributed by atoms with E-state index in [1.807, 2.05) is 19.0 Å². The number of esters is 1. The van der Waals surface area contributed by atoms with Gasteiger partial charge in [-0.3, -0.25) is 4.79 Å². The summed E-state index contributed by atoms with van der Waals surface area (Å²) in [6.07, 6.45) is 5.67. The van der Waals surface area contributed by atoms with Gasteiger partial charge in [0.25, 0.3) is 0 Å². The zero-order valence-electron chi connectivity index (χ0n) is 12.3. The van der Waals surface area contributed by atoms with Gasteiger partial charge >= 0.3 is 5.97 Å². The molecule has 0 aromatic rings. The van der Waals surface area contributed by atoms with Crippen molar-refractivity contribution in [3.8, 4) is 0 Å². The lowest BCUT2D eigenvalue weighted by atomic mass is 9.75. The molecular weight excluding hydrogens is 244 g/mol. The van der Waals surface area contributed by atoms with Gasteiger partial charge < -0.3 is 14.5 Å². The molecule has 0 N–H and O–H groups in total. The van der Waals surface area contributed by atoms with E-state index in [1.54, 1.807) is 20.0 Å². The molecule has 0 radical (unpaired) electrons. The van der Waals surface area contributed by atoms with E-state index in [0.717, 1.165) is 6.42 Å². The second kappa shape index (κ2) is 6.70. The predicted octanol–water partition coefficient (Wildman–Crippen LogP) is 1.05. The minimum atomic E-state index is -0.741. The Morgan fingerprint density at radius 3 is 2.32 bits per heavy atom. The molecule has 19 heavy (non-hydrogen) atoms. The van der Waals surface area contributed by atoms with Gasteiger partial charge in [0.2, 0.25) is 5.91 Å². The van der Waals surface area contributed by atoms with Crippen molar-refractivity contribution in [2.45, 2.75) is 31.7 Å². The average molecular weight is 268 g/mol. The topological polar surface area (TPSA) is 49.9 Å². The van der Waals surface area contributed by atoms with Gasteiger partial charge in [0.1, 0.15) is 5.54 Å². The Bertz CT molecular complexity index is 360. The fraction of sp³-hybridized carbons (Fsp3) is 0.714. The first-order chi connectivity index (χ1) is 8.94. The molecule has 108 valence electrons. The summed E-state index contributed by atoms with van der Waals surface area (Å²) >= 11 is 0. The van der Waals surface area contributed by atoms with E-state index in [1.165, 1.54) is 11.0 Å². The van der Waals surface area contributed by atoms with Crippen LogP contribution in [0.15, 0.2) is 12.2 Å². The predicted molar refractivity (Wildman–Crippen MR) is 73.7 cm³/mol. The number of rotatable bonds is 6. The lowest BCUT2D eigenvalue weighted by molar-refractivity contribution is -0.167. The van der Waals surface area contributed by atoms with Crippen molar-refractivity contribution in [3.05, 3.63) is 12.2 Å². The highest BCUT2D eigenvalue weighted by Gasteiger charge is 2.50. The Balaban J connectivity index is 2.68. The summed E-state index contributed by atoms with van der Waals surface area (Å²) in [6, 6.07) is 0. The quantitative estimate of drug-likeness (QED) is 0.534. The zero-order chi connectivity index (χ0) is 14.5. The van der Waals surface area contributed by atoms with E-state index in [2.05, 4.69) is 0 Å². The van der Waals surface area contributed by atoms with Crippen LogP contribution in [0.25, 0.3) is 0 Å². The number of ether oxygens (including phenoxy) is 1. The molecular formula is C14H24N2O3. The summed E-state index contributed by atoms with van der Waals surface area (Å²) < 4.78 is 5.10. The van der Waals surface area contributed by atoms with Crippen molar-refractivity contribution in [2.24, 2.45) is 0 Å². The molecule has 0 aromatic carbocycles. The van der Waals surface area contributed by atoms with Gasteiger partial charge in [-0.15, -0.1) is 0 Å². The molecule has 0 aliphatic heterocycles. The first kappa shape index (κ1) is 15.7. The van der Waals surface area contributed by atoms with Crippen LogP contribution in [0, 0.1) is 0 Å². The molecule has 0 saturated heterocycles.